The van der Waals surface area contributed by atoms with Gasteiger partial charge in [0.1, 0.15) is 5.75 Å². The number of hydrogen-bond acceptors (Lipinski definition) is 4. The number of phenols is 1. The Morgan fingerprint density at radius 3 is 2.71 bits per heavy atom. The fraction of sp³-hybridized carbons (Fsp3) is 0.294. The van der Waals surface area contributed by atoms with Gasteiger partial charge >= 0.3 is 0 Å². The fourth-order valence-electron chi connectivity index (χ4n) is 2.97. The Kier molecular flexibility index (Phi) is 3.47. The van der Waals surface area contributed by atoms with Gasteiger partial charge in [0.05, 0.1) is 6.04 Å². The van der Waals surface area contributed by atoms with Gasteiger partial charge in [0.25, 0.3) is 0 Å². The lowest BCUT2D eigenvalue weighted by molar-refractivity contribution is 0.475. The smallest absolute Gasteiger partial charge is 0.117 e. The van der Waals surface area contributed by atoms with E-state index in [-0.39, 0.29) is 11.8 Å². The van der Waals surface area contributed by atoms with E-state index in [0.717, 1.165) is 12.2 Å². The number of anilines is 2. The van der Waals surface area contributed by atoms with Crippen LogP contribution in [0.4, 0.5) is 11.4 Å². The summed E-state index contributed by atoms with van der Waals surface area (Å²) in [4.78, 5) is 4.36. The molecule has 4 nitrogen and oxygen atoms in total. The number of fused-ring (bicyclic) bond motifs is 1. The van der Waals surface area contributed by atoms with Crippen molar-refractivity contribution in [3.05, 3.63) is 53.6 Å². The molecular formula is C17H21N3O. The highest BCUT2D eigenvalue weighted by molar-refractivity contribution is 5.60. The number of benzene rings is 2. The number of aromatic hydroxyl groups is 1. The first-order valence-corrected chi connectivity index (χ1v) is 7.16. The average Bonchev–Trinajstić information content (AvgIpc) is 2.84. The van der Waals surface area contributed by atoms with E-state index in [1.165, 1.54) is 16.8 Å². The van der Waals surface area contributed by atoms with Crippen LogP contribution < -0.4 is 15.5 Å². The van der Waals surface area contributed by atoms with Gasteiger partial charge in [0.15, 0.2) is 0 Å². The van der Waals surface area contributed by atoms with Crippen LogP contribution in [0.25, 0.3) is 0 Å². The molecule has 0 saturated carbocycles. The van der Waals surface area contributed by atoms with Gasteiger partial charge in [-0.3, -0.25) is 0 Å². The van der Waals surface area contributed by atoms with Crippen molar-refractivity contribution in [3.63, 3.8) is 0 Å². The highest BCUT2D eigenvalue weighted by Gasteiger charge is 2.29. The molecule has 2 aromatic carbocycles. The summed E-state index contributed by atoms with van der Waals surface area (Å²) < 4.78 is 0. The van der Waals surface area contributed by atoms with Gasteiger partial charge in [0.2, 0.25) is 0 Å². The monoisotopic (exact) mass is 283 g/mol. The molecule has 3 N–H and O–H groups in total. The largest absolute Gasteiger partial charge is 0.508 e. The van der Waals surface area contributed by atoms with E-state index in [1.54, 1.807) is 12.1 Å². The van der Waals surface area contributed by atoms with Crippen molar-refractivity contribution < 1.29 is 5.11 Å². The number of hydrogen-bond donors (Lipinski definition) is 2. The van der Waals surface area contributed by atoms with Crippen molar-refractivity contribution in [1.82, 2.24) is 0 Å². The molecule has 1 unspecified atom stereocenters. The van der Waals surface area contributed by atoms with E-state index in [0.29, 0.717) is 6.54 Å². The van der Waals surface area contributed by atoms with Gasteiger partial charge in [-0.15, -0.1) is 0 Å². The molecule has 0 fully saturated rings. The second-order valence-corrected chi connectivity index (χ2v) is 5.68. The number of nitrogens with two attached hydrogens (primary N) is 1. The third-order valence-corrected chi connectivity index (χ3v) is 4.11. The van der Waals surface area contributed by atoms with Gasteiger partial charge < -0.3 is 20.6 Å². The summed E-state index contributed by atoms with van der Waals surface area (Å²) in [5.74, 6) is 0.285. The Balaban J connectivity index is 2.00. The van der Waals surface area contributed by atoms with Crippen molar-refractivity contribution in [1.29, 1.82) is 0 Å². The van der Waals surface area contributed by atoms with Crippen molar-refractivity contribution in [2.75, 3.05) is 30.4 Å². The summed E-state index contributed by atoms with van der Waals surface area (Å²) in [6.45, 7) is 1.38. The van der Waals surface area contributed by atoms with E-state index in [1.807, 2.05) is 26.2 Å². The first-order chi connectivity index (χ1) is 10.1. The van der Waals surface area contributed by atoms with Crippen LogP contribution in [0.5, 0.6) is 5.75 Å². The molecule has 0 bridgehead atoms. The molecule has 0 amide bonds. The maximum Gasteiger partial charge on any atom is 0.117 e. The Hall–Kier alpha value is -2.20. The molecule has 110 valence electrons. The topological polar surface area (TPSA) is 52.7 Å². The van der Waals surface area contributed by atoms with Crippen molar-refractivity contribution in [2.24, 2.45) is 5.73 Å². The van der Waals surface area contributed by atoms with E-state index < -0.39 is 0 Å². The van der Waals surface area contributed by atoms with Crippen LogP contribution in [0.2, 0.25) is 0 Å². The highest BCUT2D eigenvalue weighted by atomic mass is 16.3. The van der Waals surface area contributed by atoms with Gasteiger partial charge in [-0.05, 0) is 35.4 Å². The zero-order valence-corrected chi connectivity index (χ0v) is 12.5. The first-order valence-electron chi connectivity index (χ1n) is 7.16. The van der Waals surface area contributed by atoms with Crippen LogP contribution in [0.1, 0.15) is 17.2 Å². The zero-order valence-electron chi connectivity index (χ0n) is 12.5. The minimum atomic E-state index is 0.154. The predicted octanol–water partition coefficient (Wildman–Crippen LogP) is 2.48. The van der Waals surface area contributed by atoms with Crippen molar-refractivity contribution in [3.8, 4) is 5.75 Å². The molecule has 1 atom stereocenters. The molecule has 0 radical (unpaired) electrons. The summed E-state index contributed by atoms with van der Waals surface area (Å²) >= 11 is 0. The highest BCUT2D eigenvalue weighted by Crippen LogP contribution is 2.39. The number of phenolic OH excluding ortho intramolecular Hbond substituents is 1. The number of rotatable bonds is 3. The van der Waals surface area contributed by atoms with Crippen LogP contribution in [-0.2, 0) is 6.54 Å². The maximum absolute atomic E-state index is 9.70. The molecule has 3 rings (SSSR count). The van der Waals surface area contributed by atoms with Crippen LogP contribution in [-0.4, -0.2) is 25.7 Å². The number of nitrogens with zero attached hydrogens (tertiary/aromatic N) is 2. The van der Waals surface area contributed by atoms with E-state index in [4.69, 9.17) is 5.73 Å². The third kappa shape index (κ3) is 2.43. The van der Waals surface area contributed by atoms with Gasteiger partial charge in [-0.25, -0.2) is 0 Å². The van der Waals surface area contributed by atoms with E-state index >= 15 is 0 Å². The van der Waals surface area contributed by atoms with E-state index in [9.17, 15) is 5.11 Å². The molecule has 1 aliphatic heterocycles. The molecule has 0 aliphatic carbocycles. The van der Waals surface area contributed by atoms with Crippen molar-refractivity contribution in [2.45, 2.75) is 12.6 Å². The quantitative estimate of drug-likeness (QED) is 0.908. The van der Waals surface area contributed by atoms with Crippen LogP contribution in [0.15, 0.2) is 42.5 Å². The Morgan fingerprint density at radius 2 is 2.05 bits per heavy atom. The lowest BCUT2D eigenvalue weighted by Gasteiger charge is -2.26. The Morgan fingerprint density at radius 1 is 1.24 bits per heavy atom. The summed E-state index contributed by atoms with van der Waals surface area (Å²) in [6, 6.07) is 14.1. The Bertz CT molecular complexity index is 654. The van der Waals surface area contributed by atoms with Crippen molar-refractivity contribution >= 4 is 11.4 Å². The molecule has 4 heteroatoms. The van der Waals surface area contributed by atoms with Crippen LogP contribution in [0.3, 0.4) is 0 Å². The van der Waals surface area contributed by atoms with Gasteiger partial charge in [-0.1, -0.05) is 12.1 Å². The van der Waals surface area contributed by atoms with Crippen LogP contribution in [0, 0.1) is 0 Å². The summed E-state index contributed by atoms with van der Waals surface area (Å²) in [5, 5.41) is 9.70. The minimum Gasteiger partial charge on any atom is -0.508 e. The maximum atomic E-state index is 9.70. The summed E-state index contributed by atoms with van der Waals surface area (Å²) in [5.41, 5.74) is 10.8. The fourth-order valence-corrected chi connectivity index (χ4v) is 2.97. The lowest BCUT2D eigenvalue weighted by Crippen LogP contribution is -2.27. The zero-order chi connectivity index (χ0) is 15.0. The molecule has 21 heavy (non-hydrogen) atoms. The third-order valence-electron chi connectivity index (χ3n) is 4.11. The normalized spacial score (nSPS) is 16.9. The van der Waals surface area contributed by atoms with Crippen LogP contribution >= 0.6 is 0 Å². The minimum absolute atomic E-state index is 0.154. The van der Waals surface area contributed by atoms with E-state index in [2.05, 4.69) is 28.0 Å². The second-order valence-electron chi connectivity index (χ2n) is 5.68. The summed E-state index contributed by atoms with van der Waals surface area (Å²) in [6.07, 6.45) is 0. The average molecular weight is 283 g/mol. The lowest BCUT2D eigenvalue weighted by atomic mass is 10.0. The summed E-state index contributed by atoms with van der Waals surface area (Å²) in [7, 11) is 4.09. The molecule has 0 saturated heterocycles. The molecular weight excluding hydrogens is 262 g/mol. The molecule has 0 aromatic heterocycles. The standard InChI is InChI=1S/C17H21N3O/c1-19(2)13-7-6-12-11-20(17(10-18)16(12)9-13)14-4-3-5-15(21)8-14/h3-9,17,21H,10-11,18H2,1-2H3. The molecule has 0 spiro atoms. The molecule has 1 heterocycles. The Labute approximate surface area is 125 Å². The predicted molar refractivity (Wildman–Crippen MR) is 86.9 cm³/mol. The molecule has 1 aliphatic rings. The second kappa shape index (κ2) is 5.30. The molecule has 2 aromatic rings. The SMILES string of the molecule is CN(C)c1ccc2c(c1)C(CN)N(c1cccc(O)c1)C2. The van der Waals surface area contributed by atoms with Gasteiger partial charge in [0, 0.05) is 44.6 Å². The first kappa shape index (κ1) is 13.8. The van der Waals surface area contributed by atoms with Gasteiger partial charge in [-0.2, -0.15) is 0 Å².